The first kappa shape index (κ1) is 32.4. The Kier molecular flexibility index (Phi) is 11.0. The number of piperazine rings is 2. The third-order valence-electron chi connectivity index (χ3n) is 8.86. The number of aryl methyl sites for hydroxylation is 1. The standard InChI is InChI=1S/C32H47IN9O2/c1-5-11-33-29-32(42-20-18-41(19-21-42)27(43)6-2)37-31(28(36-29)30(34)44)35-24-7-8-26(23(3)22-24)40-12-9-25(10-13-40)39-16-14-38(4)15-17-39/h6-8,22,25H,2,5,9-21H2,1,3-4H3,(H2,34,44)(H,35,37)/q-1. The van der Waals surface area contributed by atoms with Gasteiger partial charge < -0.3 is 4.90 Å². The number of nitrogens with one attached hydrogen (secondary N) is 1. The molecule has 2 aromatic rings. The number of likely N-dealkylation sites (N-methyl/N-ethyl adjacent to an activating group) is 1. The molecule has 0 atom stereocenters. The molecule has 0 radical (unpaired) electrons. The summed E-state index contributed by atoms with van der Waals surface area (Å²) in [7, 11) is 2.21. The maximum absolute atomic E-state index is 12.6. The Bertz CT molecular complexity index is 1330. The summed E-state index contributed by atoms with van der Waals surface area (Å²) < 4.78 is 1.91. The van der Waals surface area contributed by atoms with Crippen LogP contribution in [0.1, 0.15) is 42.2 Å². The minimum atomic E-state index is -0.591. The van der Waals surface area contributed by atoms with Crippen molar-refractivity contribution in [1.29, 1.82) is 0 Å². The molecular weight excluding hydrogens is 669 g/mol. The average Bonchev–Trinajstić information content (AvgIpc) is 3.04. The normalized spacial score (nSPS) is 18.9. The Morgan fingerprint density at radius 3 is 2.34 bits per heavy atom. The van der Waals surface area contributed by atoms with Gasteiger partial charge in [0.25, 0.3) is 0 Å². The predicted molar refractivity (Wildman–Crippen MR) is 172 cm³/mol. The van der Waals surface area contributed by atoms with Crippen LogP contribution in [-0.4, -0.2) is 119 Å². The number of piperidine rings is 1. The monoisotopic (exact) mass is 716 g/mol. The van der Waals surface area contributed by atoms with Gasteiger partial charge >= 0.3 is 224 Å². The van der Waals surface area contributed by atoms with E-state index in [1.165, 1.54) is 43.3 Å². The molecule has 44 heavy (non-hydrogen) atoms. The molecule has 0 saturated carbocycles. The molecule has 0 spiro atoms. The number of nitrogens with zero attached hydrogens (tertiary/aromatic N) is 7. The zero-order chi connectivity index (χ0) is 31.2. The summed E-state index contributed by atoms with van der Waals surface area (Å²) in [5.74, 6) is 0.521. The van der Waals surface area contributed by atoms with Gasteiger partial charge in [-0.25, -0.2) is 0 Å². The second kappa shape index (κ2) is 14.9. The van der Waals surface area contributed by atoms with Crippen molar-refractivity contribution in [2.45, 2.75) is 39.2 Å². The van der Waals surface area contributed by atoms with Gasteiger partial charge in [0.15, 0.2) is 0 Å². The number of primary amides is 1. The zero-order valence-corrected chi connectivity index (χ0v) is 28.6. The van der Waals surface area contributed by atoms with Crippen LogP contribution in [0.25, 0.3) is 0 Å². The van der Waals surface area contributed by atoms with Crippen LogP contribution in [0.2, 0.25) is 0 Å². The summed E-state index contributed by atoms with van der Waals surface area (Å²) in [6, 6.07) is 7.02. The molecule has 12 heteroatoms. The number of halogens is 1. The van der Waals surface area contributed by atoms with Crippen molar-refractivity contribution in [3.05, 3.63) is 45.8 Å². The molecule has 3 N–H and O–H groups in total. The number of nitrogens with two attached hydrogens (primary N) is 1. The number of carbonyl (C=O) groups excluding carboxylic acids is 2. The van der Waals surface area contributed by atoms with E-state index < -0.39 is 27.1 Å². The van der Waals surface area contributed by atoms with E-state index in [-0.39, 0.29) is 11.6 Å². The molecular formula is C32H47IN9O2-. The Morgan fingerprint density at radius 1 is 1.02 bits per heavy atom. The van der Waals surface area contributed by atoms with E-state index in [1.54, 1.807) is 4.90 Å². The van der Waals surface area contributed by atoms with E-state index in [1.807, 2.05) is 0 Å². The molecule has 11 nitrogen and oxygen atoms in total. The molecule has 0 bridgehead atoms. The van der Waals surface area contributed by atoms with Gasteiger partial charge in [0, 0.05) is 32.2 Å². The van der Waals surface area contributed by atoms with Crippen LogP contribution in [0.5, 0.6) is 0 Å². The fourth-order valence-electron chi connectivity index (χ4n) is 6.29. The van der Waals surface area contributed by atoms with E-state index in [9.17, 15) is 9.59 Å². The number of aromatic nitrogens is 2. The van der Waals surface area contributed by atoms with Crippen molar-refractivity contribution in [2.24, 2.45) is 5.73 Å². The number of benzene rings is 1. The summed E-state index contributed by atoms with van der Waals surface area (Å²) in [6.07, 6.45) is 4.78. The summed E-state index contributed by atoms with van der Waals surface area (Å²) in [5, 5.41) is 3.38. The van der Waals surface area contributed by atoms with Gasteiger partial charge in [-0.15, -0.1) is 0 Å². The number of carbonyl (C=O) groups is 2. The van der Waals surface area contributed by atoms with Gasteiger partial charge in [-0.2, -0.15) is 0 Å². The van der Waals surface area contributed by atoms with Crippen LogP contribution in [-0.2, 0) is 4.79 Å². The zero-order valence-electron chi connectivity index (χ0n) is 26.4. The Hall–Kier alpha value is -2.97. The van der Waals surface area contributed by atoms with Gasteiger partial charge in [-0.3, -0.25) is 4.90 Å². The van der Waals surface area contributed by atoms with Crippen molar-refractivity contribution in [3.8, 4) is 0 Å². The number of anilines is 4. The van der Waals surface area contributed by atoms with E-state index in [2.05, 4.69) is 70.6 Å². The fraction of sp³-hybridized carbons (Fsp3) is 0.562. The molecule has 3 aliphatic heterocycles. The minimum absolute atomic E-state index is 0.0565. The molecule has 1 aromatic carbocycles. The molecule has 0 unspecified atom stereocenters. The summed E-state index contributed by atoms with van der Waals surface area (Å²) >= 11 is -0.451. The van der Waals surface area contributed by atoms with Gasteiger partial charge in [0.05, 0.1) is 0 Å². The van der Waals surface area contributed by atoms with Gasteiger partial charge in [0.1, 0.15) is 0 Å². The SMILES string of the molecule is C=CC(=O)N1CCN(c2nc(Nc3ccc(N4CCC(N5CCN(C)CC5)CC4)c(C)c3)c(C(N)=O)nc2[I-]CCC)CC1. The Balaban J connectivity index is 1.32. The predicted octanol–water partition coefficient (Wildman–Crippen LogP) is -0.653. The van der Waals surface area contributed by atoms with E-state index in [0.29, 0.717) is 38.0 Å². The van der Waals surface area contributed by atoms with Crippen LogP contribution < -0.4 is 42.1 Å². The first-order valence-electron chi connectivity index (χ1n) is 15.8. The Morgan fingerprint density at radius 2 is 1.73 bits per heavy atom. The third kappa shape index (κ3) is 7.63. The second-order valence-electron chi connectivity index (χ2n) is 11.9. The third-order valence-corrected chi connectivity index (χ3v) is 11.9. The van der Waals surface area contributed by atoms with E-state index in [4.69, 9.17) is 15.7 Å². The first-order valence-corrected chi connectivity index (χ1v) is 18.4. The average molecular weight is 717 g/mol. The number of hydrogen-bond donors (Lipinski definition) is 2. The van der Waals surface area contributed by atoms with Crippen LogP contribution in [0, 0.1) is 10.6 Å². The molecule has 0 aliphatic carbocycles. The van der Waals surface area contributed by atoms with Crippen molar-refractivity contribution >= 4 is 34.8 Å². The van der Waals surface area contributed by atoms with Crippen LogP contribution in [0.15, 0.2) is 30.9 Å². The summed E-state index contributed by atoms with van der Waals surface area (Å²) in [6.45, 7) is 17.2. The van der Waals surface area contributed by atoms with Crippen LogP contribution in [0.3, 0.4) is 0 Å². The maximum atomic E-state index is 12.6. The molecule has 4 heterocycles. The van der Waals surface area contributed by atoms with Crippen molar-refractivity contribution < 1.29 is 30.8 Å². The van der Waals surface area contributed by atoms with Gasteiger partial charge in [-0.1, -0.05) is 0 Å². The van der Waals surface area contributed by atoms with Gasteiger partial charge in [0.2, 0.25) is 0 Å². The molecule has 240 valence electrons. The van der Waals surface area contributed by atoms with Gasteiger partial charge in [-0.05, 0) is 7.05 Å². The fourth-order valence-corrected chi connectivity index (χ4v) is 8.56. The summed E-state index contributed by atoms with van der Waals surface area (Å²) in [4.78, 5) is 46.1. The molecule has 2 amide bonds. The molecule has 5 rings (SSSR count). The topological polar surface area (TPSA) is 114 Å². The molecule has 3 aliphatic rings. The number of hydrogen-bond acceptors (Lipinski definition) is 9. The molecule has 1 aromatic heterocycles. The van der Waals surface area contributed by atoms with Crippen LogP contribution >= 0.6 is 0 Å². The number of alkyl halides is 1. The second-order valence-corrected chi connectivity index (χ2v) is 14.8. The molecule has 3 fully saturated rings. The summed E-state index contributed by atoms with van der Waals surface area (Å²) in [5.41, 5.74) is 9.28. The van der Waals surface area contributed by atoms with Crippen molar-refractivity contribution in [3.63, 3.8) is 0 Å². The van der Waals surface area contributed by atoms with Crippen LogP contribution in [0.4, 0.5) is 23.0 Å². The quantitative estimate of drug-likeness (QED) is 0.188. The van der Waals surface area contributed by atoms with Crippen molar-refractivity contribution in [2.75, 3.05) is 92.0 Å². The Labute approximate surface area is 272 Å². The van der Waals surface area contributed by atoms with Crippen molar-refractivity contribution in [1.82, 2.24) is 24.7 Å². The number of amides is 2. The molecule has 3 saturated heterocycles. The number of rotatable bonds is 10. The van der Waals surface area contributed by atoms with E-state index in [0.717, 1.165) is 52.2 Å². The first-order chi connectivity index (χ1) is 21.3. The van der Waals surface area contributed by atoms with E-state index >= 15 is 0 Å².